The van der Waals surface area contributed by atoms with Gasteiger partial charge in [0.15, 0.2) is 0 Å². The molecule has 3 atom stereocenters. The van der Waals surface area contributed by atoms with Gasteiger partial charge in [-0.3, -0.25) is 0 Å². The smallest absolute Gasteiger partial charge is 0.126 e. The van der Waals surface area contributed by atoms with E-state index in [-0.39, 0.29) is 6.04 Å². The molecule has 0 rings (SSSR count). The van der Waals surface area contributed by atoms with Crippen molar-refractivity contribution in [3.05, 3.63) is 0 Å². The second kappa shape index (κ2) is 9.03. The van der Waals surface area contributed by atoms with Crippen molar-refractivity contribution in [2.24, 2.45) is 0 Å². The monoisotopic (exact) mass is 600 g/mol. The van der Waals surface area contributed by atoms with Crippen LogP contribution < -0.4 is 0 Å². The Kier molecular flexibility index (Phi) is 10.9. The normalized spacial score (nSPS) is 19.3. The van der Waals surface area contributed by atoms with Crippen molar-refractivity contribution >= 4 is 157 Å². The Bertz CT molecular complexity index is 338. The second-order valence-electron chi connectivity index (χ2n) is 4.37. The van der Waals surface area contributed by atoms with E-state index < -0.39 is 40.6 Å². The van der Waals surface area contributed by atoms with Crippen LogP contribution in [0, 0.1) is 0 Å². The summed E-state index contributed by atoms with van der Waals surface area (Å²) in [6.07, 6.45) is 0. The van der Waals surface area contributed by atoms with Crippen molar-refractivity contribution in [1.82, 2.24) is 0 Å². The maximum Gasteiger partial charge on any atom is 0.344 e. The molecule has 0 aromatic heterocycles. The molecule has 0 N–H and O–H groups in total. The molecule has 16 heteroatoms. The molecule has 0 spiro atoms. The van der Waals surface area contributed by atoms with E-state index in [0.717, 1.165) is 0 Å². The van der Waals surface area contributed by atoms with Gasteiger partial charge in [0.25, 0.3) is 0 Å². The Labute approximate surface area is 184 Å². The van der Waals surface area contributed by atoms with E-state index in [1.165, 1.54) is 0 Å². The molecule has 0 heterocycles. The summed E-state index contributed by atoms with van der Waals surface area (Å²) in [5, 5.41) is 0. The van der Waals surface area contributed by atoms with Gasteiger partial charge in [-0.05, 0) is 17.1 Å². The van der Waals surface area contributed by atoms with E-state index in [1.807, 2.05) is 0 Å². The molecule has 0 amide bonds. The highest BCUT2D eigenvalue weighted by Gasteiger charge is 2.59. The number of hydrogen-bond acceptors (Lipinski definition) is 0. The highest BCUT2D eigenvalue weighted by Crippen LogP contribution is 2.62. The van der Waals surface area contributed by atoms with Gasteiger partial charge in [-0.1, -0.05) is 6.92 Å². The van der Waals surface area contributed by atoms with Gasteiger partial charge < -0.3 is 0 Å². The van der Waals surface area contributed by atoms with Crippen molar-refractivity contribution in [2.75, 3.05) is 0 Å². The third-order valence-electron chi connectivity index (χ3n) is 2.74. The molecule has 0 radical (unpaired) electrons. The molecule has 0 aliphatic carbocycles. The fourth-order valence-electron chi connectivity index (χ4n) is 1.76. The first-order valence-corrected chi connectivity index (χ1v) is 25.7. The number of halogens is 12. The van der Waals surface area contributed by atoms with Crippen LogP contribution in [0.3, 0.4) is 0 Å². The van der Waals surface area contributed by atoms with Gasteiger partial charge in [-0.2, -0.15) is 0 Å². The minimum Gasteiger partial charge on any atom is -0.126 e. The molecule has 21 heavy (non-hydrogen) atoms. The molecule has 0 aromatic carbocycles. The van der Waals surface area contributed by atoms with Gasteiger partial charge >= 0.3 is 24.0 Å². The number of hydrogen-bond donors (Lipinski definition) is 0. The van der Waals surface area contributed by atoms with E-state index in [4.69, 9.17) is 133 Å². The minimum atomic E-state index is -3.41. The van der Waals surface area contributed by atoms with E-state index in [0.29, 0.717) is 0 Å². The fraction of sp³-hybridized carbons (Fsp3) is 1.00. The zero-order valence-corrected chi connectivity index (χ0v) is 23.0. The van der Waals surface area contributed by atoms with Crippen molar-refractivity contribution < 1.29 is 0 Å². The van der Waals surface area contributed by atoms with E-state index >= 15 is 0 Å². The van der Waals surface area contributed by atoms with Gasteiger partial charge in [-0.25, -0.2) is 0 Å². The van der Waals surface area contributed by atoms with Crippen LogP contribution in [0.5, 0.6) is 0 Å². The first-order chi connectivity index (χ1) is 8.87. The third kappa shape index (κ3) is 9.73. The molecule has 0 saturated carbocycles. The molecule has 128 valence electrons. The van der Waals surface area contributed by atoms with E-state index in [1.54, 1.807) is 6.92 Å². The maximum absolute atomic E-state index is 6.18. The lowest BCUT2D eigenvalue weighted by Crippen LogP contribution is -2.41. The summed E-state index contributed by atoms with van der Waals surface area (Å²) < 4.78 is 0. The summed E-state index contributed by atoms with van der Waals surface area (Å²) in [6.45, 7) is 1.66. The lowest BCUT2D eigenvalue weighted by Gasteiger charge is -2.40. The van der Waals surface area contributed by atoms with Gasteiger partial charge in [-0.15, -0.1) is 133 Å². The van der Waals surface area contributed by atoms with Gasteiger partial charge in [0, 0.05) is 5.54 Å². The topological polar surface area (TPSA) is 0 Å². The summed E-state index contributed by atoms with van der Waals surface area (Å²) in [4.78, 5) is 0. The molecule has 0 bridgehead atoms. The zero-order valence-electron chi connectivity index (χ0n) is 9.97. The largest absolute Gasteiger partial charge is 0.344 e. The maximum atomic E-state index is 6.18. The quantitative estimate of drug-likeness (QED) is 0.201. The predicted molar refractivity (Wildman–Crippen MR) is 115 cm³/mol. The van der Waals surface area contributed by atoms with Crippen LogP contribution in [-0.2, 0) is 0 Å². The van der Waals surface area contributed by atoms with Gasteiger partial charge in [0.2, 0.25) is 0 Å². The van der Waals surface area contributed by atoms with Crippen LogP contribution in [0.4, 0.5) is 0 Å². The standard InChI is InChI=1S/C5H8Cl12Si4/c1-3(19(9,10)11)5(21(15,16)17)4(20(12,13)14)2-18(6,7)8/h3-5H,2H2,1H3. The summed E-state index contributed by atoms with van der Waals surface area (Å²) in [7, 11) is 0. The van der Waals surface area contributed by atoms with Crippen LogP contribution in [0.25, 0.3) is 0 Å². The van der Waals surface area contributed by atoms with Crippen LogP contribution in [-0.4, -0.2) is 24.0 Å². The molecular formula is C5H8Cl12Si4. The van der Waals surface area contributed by atoms with Crippen LogP contribution in [0.15, 0.2) is 0 Å². The predicted octanol–water partition coefficient (Wildman–Crippen LogP) is 8.74. The number of rotatable bonds is 7. The molecule has 0 saturated heterocycles. The fourth-order valence-corrected chi connectivity index (χ4v) is 24.3. The Morgan fingerprint density at radius 2 is 1.00 bits per heavy atom. The van der Waals surface area contributed by atoms with Crippen LogP contribution in [0.1, 0.15) is 6.92 Å². The Hall–Kier alpha value is 4.35. The average molecular weight is 606 g/mol. The van der Waals surface area contributed by atoms with Gasteiger partial charge in [0.05, 0.1) is 0 Å². The molecule has 0 aliphatic heterocycles. The lowest BCUT2D eigenvalue weighted by molar-refractivity contribution is 0.739. The highest BCUT2D eigenvalue weighted by atomic mass is 35.9. The molecule has 3 unspecified atom stereocenters. The summed E-state index contributed by atoms with van der Waals surface area (Å²) in [5.74, 6) is 0. The molecular weight excluding hydrogens is 598 g/mol. The molecule has 0 nitrogen and oxygen atoms in total. The van der Waals surface area contributed by atoms with E-state index in [9.17, 15) is 0 Å². The zero-order chi connectivity index (χ0) is 17.4. The van der Waals surface area contributed by atoms with Crippen molar-refractivity contribution in [1.29, 1.82) is 0 Å². The molecule has 0 aromatic rings. The van der Waals surface area contributed by atoms with Crippen molar-refractivity contribution in [2.45, 2.75) is 29.6 Å². The Morgan fingerprint density at radius 1 is 0.619 bits per heavy atom. The minimum absolute atomic E-state index is 0.0332. The highest BCUT2D eigenvalue weighted by molar-refractivity contribution is 7.70. The van der Waals surface area contributed by atoms with Crippen LogP contribution in [0.2, 0.25) is 22.7 Å². The Morgan fingerprint density at radius 3 is 1.19 bits per heavy atom. The van der Waals surface area contributed by atoms with E-state index in [2.05, 4.69) is 0 Å². The second-order valence-corrected chi connectivity index (χ2v) is 40.4. The molecule has 0 aliphatic rings. The summed E-state index contributed by atoms with van der Waals surface area (Å²) >= 11 is 73.1. The third-order valence-corrected chi connectivity index (χ3v) is 18.4. The Balaban J connectivity index is 5.84. The van der Waals surface area contributed by atoms with Crippen LogP contribution >= 0.6 is 133 Å². The van der Waals surface area contributed by atoms with Gasteiger partial charge in [0.1, 0.15) is 0 Å². The average Bonchev–Trinajstić information content (AvgIpc) is 2.08. The van der Waals surface area contributed by atoms with Crippen molar-refractivity contribution in [3.8, 4) is 0 Å². The first kappa shape index (κ1) is 25.3. The molecule has 0 fully saturated rings. The summed E-state index contributed by atoms with van der Waals surface area (Å²) in [6, 6.07) is -13.1. The first-order valence-electron chi connectivity index (χ1n) is 5.14. The lowest BCUT2D eigenvalue weighted by atomic mass is 10.2. The SMILES string of the molecule is CC(C(C(C[Si](Cl)(Cl)Cl)[Si](Cl)(Cl)Cl)[Si](Cl)(Cl)Cl)[Si](Cl)(Cl)Cl. The van der Waals surface area contributed by atoms with Crippen molar-refractivity contribution in [3.63, 3.8) is 0 Å². The summed E-state index contributed by atoms with van der Waals surface area (Å²) in [5.41, 5.74) is -1.99.